The van der Waals surface area contributed by atoms with E-state index in [4.69, 9.17) is 0 Å². The first-order chi connectivity index (χ1) is 9.70. The molecule has 1 rings (SSSR count). The first-order valence-corrected chi connectivity index (χ1v) is 7.55. The molecule has 0 saturated carbocycles. The maximum absolute atomic E-state index is 13.0. The number of carboxylic acid groups (broad SMARTS) is 1. The predicted molar refractivity (Wildman–Crippen MR) is 84.7 cm³/mol. The molecule has 0 radical (unpaired) electrons. The van der Waals surface area contributed by atoms with E-state index in [0.717, 1.165) is 16.7 Å². The van der Waals surface area contributed by atoms with E-state index in [1.165, 1.54) is 0 Å². The van der Waals surface area contributed by atoms with Gasteiger partial charge in [0.25, 0.3) is 0 Å². The fourth-order valence-corrected chi connectivity index (χ4v) is 3.27. The third-order valence-electron chi connectivity index (χ3n) is 4.13. The maximum Gasteiger partial charge on any atom is 0.307 e. The summed E-state index contributed by atoms with van der Waals surface area (Å²) in [6.45, 7) is 11.5. The van der Waals surface area contributed by atoms with E-state index in [-0.39, 0.29) is 11.7 Å². The van der Waals surface area contributed by atoms with E-state index in [2.05, 4.69) is 0 Å². The number of hydrogen-bond donors (Lipinski definition) is 1. The van der Waals surface area contributed by atoms with Gasteiger partial charge in [0.05, 0.1) is 5.92 Å². The molecule has 0 amide bonds. The van der Waals surface area contributed by atoms with Gasteiger partial charge < -0.3 is 5.11 Å². The van der Waals surface area contributed by atoms with Crippen LogP contribution < -0.4 is 0 Å². The van der Waals surface area contributed by atoms with Crippen LogP contribution in [0.4, 0.5) is 0 Å². The molecule has 1 aromatic carbocycles. The van der Waals surface area contributed by atoms with Crippen LogP contribution in [-0.2, 0) is 4.79 Å². The number of carbonyl (C=O) groups excluding carboxylic acids is 1. The second-order valence-electron chi connectivity index (χ2n) is 6.26. The SMILES string of the molecule is CCC(C(=O)O)C(C(=O)c1c(C)cc(C)cc1C)C(C)C. The Bertz CT molecular complexity index is 520. The average molecular weight is 290 g/mol. The highest BCUT2D eigenvalue weighted by Crippen LogP contribution is 2.30. The van der Waals surface area contributed by atoms with Crippen molar-refractivity contribution in [3.8, 4) is 0 Å². The molecule has 0 fully saturated rings. The molecule has 2 atom stereocenters. The summed E-state index contributed by atoms with van der Waals surface area (Å²) in [4.78, 5) is 24.5. The summed E-state index contributed by atoms with van der Waals surface area (Å²) in [5.74, 6) is -2.02. The van der Waals surface area contributed by atoms with Gasteiger partial charge in [-0.3, -0.25) is 9.59 Å². The second-order valence-corrected chi connectivity index (χ2v) is 6.26. The summed E-state index contributed by atoms with van der Waals surface area (Å²) >= 11 is 0. The molecule has 0 heterocycles. The fraction of sp³-hybridized carbons (Fsp3) is 0.556. The van der Waals surface area contributed by atoms with Crippen LogP contribution in [0.1, 0.15) is 54.2 Å². The highest BCUT2D eigenvalue weighted by Gasteiger charge is 2.36. The zero-order valence-corrected chi connectivity index (χ0v) is 13.9. The van der Waals surface area contributed by atoms with Gasteiger partial charge in [-0.2, -0.15) is 0 Å². The van der Waals surface area contributed by atoms with Crippen molar-refractivity contribution in [2.45, 2.75) is 48.0 Å². The lowest BCUT2D eigenvalue weighted by Crippen LogP contribution is -2.34. The Morgan fingerprint density at radius 2 is 1.57 bits per heavy atom. The highest BCUT2D eigenvalue weighted by atomic mass is 16.4. The van der Waals surface area contributed by atoms with Gasteiger partial charge in [0.2, 0.25) is 0 Å². The van der Waals surface area contributed by atoms with Crippen LogP contribution in [-0.4, -0.2) is 16.9 Å². The largest absolute Gasteiger partial charge is 0.481 e. The minimum atomic E-state index is -0.882. The Morgan fingerprint density at radius 3 is 1.90 bits per heavy atom. The van der Waals surface area contributed by atoms with Gasteiger partial charge in [-0.25, -0.2) is 0 Å². The summed E-state index contributed by atoms with van der Waals surface area (Å²) in [6, 6.07) is 3.97. The smallest absolute Gasteiger partial charge is 0.307 e. The van der Waals surface area contributed by atoms with Gasteiger partial charge in [-0.15, -0.1) is 0 Å². The third kappa shape index (κ3) is 3.72. The molecule has 3 heteroatoms. The molecule has 21 heavy (non-hydrogen) atoms. The number of rotatable bonds is 6. The Morgan fingerprint density at radius 1 is 1.10 bits per heavy atom. The second kappa shape index (κ2) is 6.88. The standard InChI is InChI=1S/C18H26O3/c1-7-14(18(20)21)15(10(2)3)17(19)16-12(5)8-11(4)9-13(16)6/h8-10,14-15H,7H2,1-6H3,(H,20,21). The van der Waals surface area contributed by atoms with E-state index in [1.54, 1.807) is 0 Å². The lowest BCUT2D eigenvalue weighted by Gasteiger charge is -2.26. The molecule has 3 nitrogen and oxygen atoms in total. The fourth-order valence-electron chi connectivity index (χ4n) is 3.27. The van der Waals surface area contributed by atoms with Crippen molar-refractivity contribution in [3.63, 3.8) is 0 Å². The molecule has 0 aromatic heterocycles. The number of benzene rings is 1. The molecule has 0 spiro atoms. The van der Waals surface area contributed by atoms with E-state index >= 15 is 0 Å². The van der Waals surface area contributed by atoms with Crippen LogP contribution in [0.2, 0.25) is 0 Å². The number of aryl methyl sites for hydroxylation is 3. The van der Waals surface area contributed by atoms with Gasteiger partial charge >= 0.3 is 5.97 Å². The first kappa shape index (κ1) is 17.4. The summed E-state index contributed by atoms with van der Waals surface area (Å²) in [6.07, 6.45) is 0.466. The van der Waals surface area contributed by atoms with Crippen LogP contribution in [0, 0.1) is 38.5 Å². The van der Waals surface area contributed by atoms with Gasteiger partial charge in [0, 0.05) is 11.5 Å². The van der Waals surface area contributed by atoms with Crippen LogP contribution in [0.25, 0.3) is 0 Å². The highest BCUT2D eigenvalue weighted by molar-refractivity contribution is 6.02. The average Bonchev–Trinajstić information content (AvgIpc) is 2.32. The molecule has 0 bridgehead atoms. The number of hydrogen-bond acceptors (Lipinski definition) is 2. The zero-order valence-electron chi connectivity index (χ0n) is 13.9. The van der Waals surface area contributed by atoms with Crippen molar-refractivity contribution >= 4 is 11.8 Å². The van der Waals surface area contributed by atoms with Crippen LogP contribution in [0.5, 0.6) is 0 Å². The van der Waals surface area contributed by atoms with Gasteiger partial charge in [-0.1, -0.05) is 38.5 Å². The number of carbonyl (C=O) groups is 2. The van der Waals surface area contributed by atoms with Crippen LogP contribution in [0.3, 0.4) is 0 Å². The number of Topliss-reactive ketones (excluding diaryl/α,β-unsaturated/α-hetero) is 1. The molecule has 1 N–H and O–H groups in total. The summed E-state index contributed by atoms with van der Waals surface area (Å²) in [5.41, 5.74) is 3.68. The molecule has 116 valence electrons. The lowest BCUT2D eigenvalue weighted by atomic mass is 9.75. The number of aliphatic carboxylic acids is 1. The summed E-state index contributed by atoms with van der Waals surface area (Å²) < 4.78 is 0. The zero-order chi connectivity index (χ0) is 16.3. The summed E-state index contributed by atoms with van der Waals surface area (Å²) in [7, 11) is 0. The minimum Gasteiger partial charge on any atom is -0.481 e. The molecule has 2 unspecified atom stereocenters. The molecule has 0 aliphatic rings. The van der Waals surface area contributed by atoms with E-state index in [1.807, 2.05) is 53.7 Å². The van der Waals surface area contributed by atoms with Crippen molar-refractivity contribution < 1.29 is 14.7 Å². The Hall–Kier alpha value is -1.64. The van der Waals surface area contributed by atoms with Gasteiger partial charge in [-0.05, 0) is 44.2 Å². The van der Waals surface area contributed by atoms with Crippen molar-refractivity contribution in [3.05, 3.63) is 34.4 Å². The Kier molecular flexibility index (Phi) is 5.70. The quantitative estimate of drug-likeness (QED) is 0.800. The topological polar surface area (TPSA) is 54.4 Å². The van der Waals surface area contributed by atoms with Gasteiger partial charge in [0.15, 0.2) is 5.78 Å². The van der Waals surface area contributed by atoms with Gasteiger partial charge in [0.1, 0.15) is 0 Å². The van der Waals surface area contributed by atoms with Crippen molar-refractivity contribution in [1.82, 2.24) is 0 Å². The molecule has 0 saturated heterocycles. The Labute approximate surface area is 127 Å². The van der Waals surface area contributed by atoms with E-state index in [0.29, 0.717) is 12.0 Å². The minimum absolute atomic E-state index is 0.00125. The molecular formula is C18H26O3. The predicted octanol–water partition coefficient (Wildman–Crippen LogP) is 4.18. The third-order valence-corrected chi connectivity index (χ3v) is 4.13. The summed E-state index contributed by atoms with van der Waals surface area (Å²) in [5, 5.41) is 9.42. The van der Waals surface area contributed by atoms with Crippen molar-refractivity contribution in [1.29, 1.82) is 0 Å². The monoisotopic (exact) mass is 290 g/mol. The van der Waals surface area contributed by atoms with E-state index in [9.17, 15) is 14.7 Å². The molecular weight excluding hydrogens is 264 g/mol. The first-order valence-electron chi connectivity index (χ1n) is 7.55. The maximum atomic E-state index is 13.0. The molecule has 0 aliphatic heterocycles. The Balaban J connectivity index is 3.34. The van der Waals surface area contributed by atoms with Crippen LogP contribution >= 0.6 is 0 Å². The number of ketones is 1. The molecule has 1 aromatic rings. The van der Waals surface area contributed by atoms with Crippen LogP contribution in [0.15, 0.2) is 12.1 Å². The normalized spacial score (nSPS) is 14.0. The lowest BCUT2D eigenvalue weighted by molar-refractivity contribution is -0.143. The van der Waals surface area contributed by atoms with Crippen molar-refractivity contribution in [2.24, 2.45) is 17.8 Å². The van der Waals surface area contributed by atoms with Crippen molar-refractivity contribution in [2.75, 3.05) is 0 Å². The molecule has 0 aliphatic carbocycles. The van der Waals surface area contributed by atoms with E-state index < -0.39 is 17.8 Å². The number of carboxylic acids is 1.